The summed E-state index contributed by atoms with van der Waals surface area (Å²) in [5, 5.41) is 11.2. The number of carboxylic acids is 1. The summed E-state index contributed by atoms with van der Waals surface area (Å²) in [6.45, 7) is 15.2. The lowest BCUT2D eigenvalue weighted by Gasteiger charge is -2.09. The van der Waals surface area contributed by atoms with Gasteiger partial charge in [-0.25, -0.2) is 14.5 Å². The third kappa shape index (κ3) is 6.28. The standard InChI is InChI=1S/C17H12BrN3O.C17H11BrN2O2/c1-20-12-6-7-16-14(8-12)15(18)10-21(16)9-11-4-2-3-5-13(11)17(19)22;1-19-12-6-7-16-14(8-12)15(18)10-20(16)9-11-4-2-3-5-13(11)17(21)22/h2-8,10H,9H2,(H2,19,22);2-8,10H,9H2,(H,21,22). The third-order valence-electron chi connectivity index (χ3n) is 7.10. The van der Waals surface area contributed by atoms with Gasteiger partial charge in [0.15, 0.2) is 11.4 Å². The summed E-state index contributed by atoms with van der Waals surface area (Å²) in [6, 6.07) is 25.3. The number of nitrogens with zero attached hydrogens (tertiary/aromatic N) is 4. The van der Waals surface area contributed by atoms with E-state index in [1.165, 1.54) is 0 Å². The van der Waals surface area contributed by atoms with Crippen LogP contribution in [-0.2, 0) is 13.1 Å². The van der Waals surface area contributed by atoms with Gasteiger partial charge >= 0.3 is 5.97 Å². The lowest BCUT2D eigenvalue weighted by Crippen LogP contribution is -2.14. The maximum atomic E-state index is 11.5. The minimum atomic E-state index is -0.929. The molecule has 0 spiro atoms. The zero-order valence-corrected chi connectivity index (χ0v) is 26.2. The van der Waals surface area contributed by atoms with Crippen LogP contribution in [0.25, 0.3) is 31.5 Å². The third-order valence-corrected chi connectivity index (χ3v) is 8.37. The summed E-state index contributed by atoms with van der Waals surface area (Å²) in [4.78, 5) is 29.7. The first kappa shape index (κ1) is 30.3. The van der Waals surface area contributed by atoms with Crippen molar-refractivity contribution in [2.45, 2.75) is 13.1 Å². The molecule has 0 unspecified atom stereocenters. The second kappa shape index (κ2) is 13.0. The number of nitrogens with two attached hydrogens (primary N) is 1. The molecule has 44 heavy (non-hydrogen) atoms. The van der Waals surface area contributed by atoms with Gasteiger partial charge in [0, 0.05) is 61.8 Å². The van der Waals surface area contributed by atoms with E-state index in [0.717, 1.165) is 41.9 Å². The van der Waals surface area contributed by atoms with Crippen molar-refractivity contribution in [3.63, 3.8) is 0 Å². The van der Waals surface area contributed by atoms with E-state index in [2.05, 4.69) is 41.5 Å². The van der Waals surface area contributed by atoms with Crippen molar-refractivity contribution in [1.82, 2.24) is 9.13 Å². The van der Waals surface area contributed by atoms with Gasteiger partial charge in [0.25, 0.3) is 0 Å². The van der Waals surface area contributed by atoms with Crippen molar-refractivity contribution in [2.24, 2.45) is 5.73 Å². The van der Waals surface area contributed by atoms with E-state index >= 15 is 0 Å². The minimum absolute atomic E-state index is 0.304. The average Bonchev–Trinajstić information content (AvgIpc) is 3.51. The Labute approximate surface area is 269 Å². The summed E-state index contributed by atoms with van der Waals surface area (Å²) in [5.41, 5.74) is 11.0. The number of hydrogen-bond acceptors (Lipinski definition) is 2. The van der Waals surface area contributed by atoms with Gasteiger partial charge in [0.1, 0.15) is 0 Å². The fraction of sp³-hybridized carbons (Fsp3) is 0.0588. The molecule has 216 valence electrons. The van der Waals surface area contributed by atoms with Crippen LogP contribution in [0.4, 0.5) is 11.4 Å². The van der Waals surface area contributed by atoms with Gasteiger partial charge in [-0.2, -0.15) is 0 Å². The van der Waals surface area contributed by atoms with Crippen LogP contribution in [0.2, 0.25) is 0 Å². The molecule has 1 amide bonds. The Kier molecular flexibility index (Phi) is 8.96. The zero-order valence-electron chi connectivity index (χ0n) is 23.0. The number of primary amides is 1. The number of fused-ring (bicyclic) bond motifs is 2. The molecule has 0 saturated heterocycles. The molecule has 4 aromatic carbocycles. The summed E-state index contributed by atoms with van der Waals surface area (Å²) < 4.78 is 5.83. The highest BCUT2D eigenvalue weighted by atomic mass is 79.9. The van der Waals surface area contributed by atoms with Gasteiger partial charge in [0.2, 0.25) is 5.91 Å². The number of amides is 1. The number of carbonyl (C=O) groups is 2. The maximum Gasteiger partial charge on any atom is 0.336 e. The number of hydrogen-bond donors (Lipinski definition) is 2. The molecule has 6 rings (SSSR count). The molecule has 3 N–H and O–H groups in total. The van der Waals surface area contributed by atoms with Gasteiger partial charge < -0.3 is 20.0 Å². The number of halogens is 2. The molecular formula is C34H23Br2N5O3. The molecule has 0 aliphatic heterocycles. The molecule has 0 aliphatic rings. The first-order valence-electron chi connectivity index (χ1n) is 13.2. The summed E-state index contributed by atoms with van der Waals surface area (Å²) in [7, 11) is 0. The fourth-order valence-corrected chi connectivity index (χ4v) is 6.15. The van der Waals surface area contributed by atoms with Crippen molar-refractivity contribution in [3.8, 4) is 0 Å². The number of benzene rings is 4. The Morgan fingerprint density at radius 3 is 1.57 bits per heavy atom. The summed E-state index contributed by atoms with van der Waals surface area (Å²) in [6.07, 6.45) is 3.87. The van der Waals surface area contributed by atoms with Crippen molar-refractivity contribution in [3.05, 3.63) is 151 Å². The van der Waals surface area contributed by atoms with E-state index in [9.17, 15) is 14.7 Å². The van der Waals surface area contributed by atoms with Crippen molar-refractivity contribution in [1.29, 1.82) is 0 Å². The normalized spacial score (nSPS) is 10.5. The van der Waals surface area contributed by atoms with Crippen molar-refractivity contribution < 1.29 is 14.7 Å². The highest BCUT2D eigenvalue weighted by Gasteiger charge is 2.14. The van der Waals surface area contributed by atoms with Crippen LogP contribution >= 0.6 is 31.9 Å². The number of rotatable bonds is 6. The lowest BCUT2D eigenvalue weighted by molar-refractivity contribution is 0.0695. The molecular weight excluding hydrogens is 686 g/mol. The number of aromatic carboxylic acids is 1. The SMILES string of the molecule is [C-]#[N+]c1ccc2c(c1)c(Br)cn2Cc1ccccc1C(=O)O.[C-]#[N+]c1ccc2c(c1)c(Br)cn2Cc1ccccc1C(N)=O. The molecule has 0 fully saturated rings. The van der Waals surface area contributed by atoms with E-state index in [1.807, 2.05) is 70.1 Å². The number of aromatic nitrogens is 2. The molecule has 0 bridgehead atoms. The highest BCUT2D eigenvalue weighted by Crippen LogP contribution is 2.32. The molecule has 2 aromatic heterocycles. The van der Waals surface area contributed by atoms with Gasteiger partial charge in [-0.05, 0) is 79.4 Å². The molecule has 10 heteroatoms. The molecule has 0 atom stereocenters. The molecule has 0 aliphatic carbocycles. The first-order valence-corrected chi connectivity index (χ1v) is 14.8. The van der Waals surface area contributed by atoms with Gasteiger partial charge in [-0.3, -0.25) is 4.79 Å². The molecule has 8 nitrogen and oxygen atoms in total. The number of carboxylic acid groups (broad SMARTS) is 1. The minimum Gasteiger partial charge on any atom is -0.478 e. The molecule has 0 radical (unpaired) electrons. The van der Waals surface area contributed by atoms with Crippen LogP contribution in [0, 0.1) is 13.1 Å². The molecule has 0 saturated carbocycles. The monoisotopic (exact) mass is 707 g/mol. The van der Waals surface area contributed by atoms with Crippen LogP contribution < -0.4 is 5.73 Å². The van der Waals surface area contributed by atoms with E-state index in [-0.39, 0.29) is 0 Å². The summed E-state index contributed by atoms with van der Waals surface area (Å²) in [5.74, 6) is -1.36. The molecule has 2 heterocycles. The first-order chi connectivity index (χ1) is 21.2. The lowest BCUT2D eigenvalue weighted by atomic mass is 10.1. The highest BCUT2D eigenvalue weighted by molar-refractivity contribution is 9.11. The van der Waals surface area contributed by atoms with Gasteiger partial charge in [-0.1, -0.05) is 48.5 Å². The second-order valence-electron chi connectivity index (χ2n) is 9.82. The predicted octanol–water partition coefficient (Wildman–Crippen LogP) is 8.80. The largest absolute Gasteiger partial charge is 0.478 e. The van der Waals surface area contributed by atoms with Crippen LogP contribution in [0.3, 0.4) is 0 Å². The Hall–Kier alpha value is -5.16. The van der Waals surface area contributed by atoms with E-state index in [0.29, 0.717) is 35.6 Å². The van der Waals surface area contributed by atoms with Gasteiger partial charge in [0.05, 0.1) is 18.7 Å². The quantitative estimate of drug-likeness (QED) is 0.169. The zero-order chi connectivity index (χ0) is 31.4. The van der Waals surface area contributed by atoms with Crippen LogP contribution in [0.5, 0.6) is 0 Å². The van der Waals surface area contributed by atoms with Crippen LogP contribution in [-0.4, -0.2) is 26.1 Å². The predicted molar refractivity (Wildman–Crippen MR) is 178 cm³/mol. The maximum absolute atomic E-state index is 11.5. The Morgan fingerprint density at radius 1 is 0.705 bits per heavy atom. The smallest absolute Gasteiger partial charge is 0.336 e. The Morgan fingerprint density at radius 2 is 1.14 bits per heavy atom. The van der Waals surface area contributed by atoms with E-state index in [1.54, 1.807) is 36.4 Å². The van der Waals surface area contributed by atoms with E-state index < -0.39 is 11.9 Å². The van der Waals surface area contributed by atoms with Crippen molar-refractivity contribution in [2.75, 3.05) is 0 Å². The Bertz CT molecular complexity index is 2000. The van der Waals surface area contributed by atoms with Crippen LogP contribution in [0.1, 0.15) is 31.8 Å². The van der Waals surface area contributed by atoms with Gasteiger partial charge in [-0.15, -0.1) is 0 Å². The Balaban J connectivity index is 0.000000175. The van der Waals surface area contributed by atoms with E-state index in [4.69, 9.17) is 18.9 Å². The average molecular weight is 709 g/mol. The topological polar surface area (TPSA) is 99.0 Å². The number of carbonyl (C=O) groups excluding carboxylic acids is 1. The molecule has 6 aromatic rings. The second-order valence-corrected chi connectivity index (χ2v) is 11.5. The van der Waals surface area contributed by atoms with Crippen molar-refractivity contribution >= 4 is 76.9 Å². The summed E-state index contributed by atoms with van der Waals surface area (Å²) >= 11 is 7.03. The van der Waals surface area contributed by atoms with Crippen LogP contribution in [0.15, 0.2) is 106 Å². The fourth-order valence-electron chi connectivity index (χ4n) is 5.02.